The van der Waals surface area contributed by atoms with Crippen LogP contribution in [-0.2, 0) is 6.42 Å². The van der Waals surface area contributed by atoms with Crippen molar-refractivity contribution in [2.75, 3.05) is 51.7 Å². The van der Waals surface area contributed by atoms with Gasteiger partial charge in [0.15, 0.2) is 0 Å². The molecule has 0 saturated carbocycles. The zero-order valence-corrected chi connectivity index (χ0v) is 18.5. The topological polar surface area (TPSA) is 66.1 Å². The van der Waals surface area contributed by atoms with Crippen LogP contribution in [0.1, 0.15) is 33.3 Å². The minimum atomic E-state index is -0.211. The van der Waals surface area contributed by atoms with Crippen molar-refractivity contribution < 1.29 is 14.3 Å². The number of carbonyl (C=O) groups excluding carboxylic acids is 1. The molecule has 2 aliphatic rings. The summed E-state index contributed by atoms with van der Waals surface area (Å²) in [5.41, 5.74) is 1.78. The van der Waals surface area contributed by atoms with Crippen molar-refractivity contribution in [2.24, 2.45) is 5.92 Å². The van der Waals surface area contributed by atoms with Crippen LogP contribution in [0, 0.1) is 5.92 Å². The third-order valence-electron chi connectivity index (χ3n) is 5.79. The van der Waals surface area contributed by atoms with Gasteiger partial charge in [0.1, 0.15) is 17.6 Å². The third-order valence-corrected chi connectivity index (χ3v) is 5.79. The summed E-state index contributed by atoms with van der Waals surface area (Å²) in [5.74, 6) is 1.99. The standard InChI is InChI=1S/C22H36N4O3/c1-6-28-21-12-17-11-16(4)29-20(17)13-18(21)24-22(27)23-14-19(15(2)3)26-9-7-25(5)8-10-26/h12-13,15-16,19H,6-11,14H2,1-5H3,(H2,23,24,27). The Bertz CT molecular complexity index is 702. The number of likely N-dealkylation sites (N-methyl/N-ethyl adjacent to an activating group) is 1. The molecule has 0 aromatic heterocycles. The summed E-state index contributed by atoms with van der Waals surface area (Å²) in [6.45, 7) is 13.8. The molecular weight excluding hydrogens is 368 g/mol. The second-order valence-electron chi connectivity index (χ2n) is 8.51. The molecule has 0 aliphatic carbocycles. The fourth-order valence-electron chi connectivity index (χ4n) is 4.12. The average molecular weight is 405 g/mol. The predicted octanol–water partition coefficient (Wildman–Crippen LogP) is 2.80. The number of nitrogens with one attached hydrogen (secondary N) is 2. The van der Waals surface area contributed by atoms with Crippen molar-refractivity contribution in [1.82, 2.24) is 15.1 Å². The van der Waals surface area contributed by atoms with E-state index in [2.05, 4.69) is 41.3 Å². The van der Waals surface area contributed by atoms with E-state index < -0.39 is 0 Å². The minimum Gasteiger partial charge on any atom is -0.492 e. The molecule has 0 bridgehead atoms. The Morgan fingerprint density at radius 3 is 2.66 bits per heavy atom. The molecule has 0 spiro atoms. The van der Waals surface area contributed by atoms with E-state index in [1.54, 1.807) is 0 Å². The zero-order chi connectivity index (χ0) is 21.0. The number of hydrogen-bond donors (Lipinski definition) is 2. The summed E-state index contributed by atoms with van der Waals surface area (Å²) < 4.78 is 11.6. The van der Waals surface area contributed by atoms with Gasteiger partial charge in [-0.3, -0.25) is 4.90 Å². The Kier molecular flexibility index (Phi) is 7.24. The van der Waals surface area contributed by atoms with Crippen molar-refractivity contribution in [3.05, 3.63) is 17.7 Å². The Morgan fingerprint density at radius 2 is 2.00 bits per heavy atom. The van der Waals surface area contributed by atoms with E-state index in [-0.39, 0.29) is 12.1 Å². The smallest absolute Gasteiger partial charge is 0.319 e. The van der Waals surface area contributed by atoms with Crippen molar-refractivity contribution in [3.8, 4) is 11.5 Å². The number of urea groups is 1. The van der Waals surface area contributed by atoms with Gasteiger partial charge in [0.05, 0.1) is 12.3 Å². The Morgan fingerprint density at radius 1 is 1.28 bits per heavy atom. The van der Waals surface area contributed by atoms with Gasteiger partial charge in [0, 0.05) is 56.8 Å². The molecule has 1 aromatic rings. The number of piperazine rings is 1. The van der Waals surface area contributed by atoms with E-state index in [1.807, 2.05) is 26.0 Å². The lowest BCUT2D eigenvalue weighted by Gasteiger charge is -2.39. The molecule has 2 aliphatic heterocycles. The lowest BCUT2D eigenvalue weighted by Crippen LogP contribution is -2.54. The van der Waals surface area contributed by atoms with Gasteiger partial charge >= 0.3 is 6.03 Å². The van der Waals surface area contributed by atoms with E-state index in [1.165, 1.54) is 0 Å². The monoisotopic (exact) mass is 404 g/mol. The fourth-order valence-corrected chi connectivity index (χ4v) is 4.12. The van der Waals surface area contributed by atoms with Crippen molar-refractivity contribution in [2.45, 2.75) is 46.3 Å². The van der Waals surface area contributed by atoms with Crippen LogP contribution in [0.15, 0.2) is 12.1 Å². The van der Waals surface area contributed by atoms with E-state index in [0.717, 1.165) is 43.9 Å². The number of carbonyl (C=O) groups is 1. The number of benzene rings is 1. The predicted molar refractivity (Wildman–Crippen MR) is 116 cm³/mol. The number of hydrogen-bond acceptors (Lipinski definition) is 5. The largest absolute Gasteiger partial charge is 0.492 e. The molecule has 3 rings (SSSR count). The molecule has 1 aromatic carbocycles. The van der Waals surface area contributed by atoms with Crippen molar-refractivity contribution in [3.63, 3.8) is 0 Å². The van der Waals surface area contributed by atoms with Crippen LogP contribution in [0.3, 0.4) is 0 Å². The number of amides is 2. The summed E-state index contributed by atoms with van der Waals surface area (Å²) in [4.78, 5) is 17.5. The van der Waals surface area contributed by atoms with Gasteiger partial charge in [0.25, 0.3) is 0 Å². The summed E-state index contributed by atoms with van der Waals surface area (Å²) in [7, 11) is 2.16. The maximum absolute atomic E-state index is 12.6. The van der Waals surface area contributed by atoms with Crippen LogP contribution in [0.5, 0.6) is 11.5 Å². The first-order valence-electron chi connectivity index (χ1n) is 10.8. The van der Waals surface area contributed by atoms with Gasteiger partial charge in [-0.2, -0.15) is 0 Å². The summed E-state index contributed by atoms with van der Waals surface area (Å²) in [5, 5.41) is 6.03. The van der Waals surface area contributed by atoms with Crippen molar-refractivity contribution in [1.29, 1.82) is 0 Å². The maximum atomic E-state index is 12.6. The molecule has 2 unspecified atom stereocenters. The number of rotatable bonds is 7. The molecule has 2 N–H and O–H groups in total. The number of anilines is 1. The Hall–Kier alpha value is -1.99. The van der Waals surface area contributed by atoms with Crippen molar-refractivity contribution >= 4 is 11.7 Å². The molecule has 29 heavy (non-hydrogen) atoms. The lowest BCUT2D eigenvalue weighted by atomic mass is 10.0. The summed E-state index contributed by atoms with van der Waals surface area (Å²) in [6.07, 6.45) is 1.02. The minimum absolute atomic E-state index is 0.152. The highest BCUT2D eigenvalue weighted by Gasteiger charge is 2.26. The fraction of sp³-hybridized carbons (Fsp3) is 0.682. The molecule has 2 heterocycles. The highest BCUT2D eigenvalue weighted by atomic mass is 16.5. The molecule has 2 amide bonds. The van der Waals surface area contributed by atoms with Gasteiger partial charge in [-0.05, 0) is 32.9 Å². The molecule has 7 heteroatoms. The van der Waals surface area contributed by atoms with E-state index in [9.17, 15) is 4.79 Å². The highest BCUT2D eigenvalue weighted by Crippen LogP contribution is 2.38. The SMILES string of the molecule is CCOc1cc2c(cc1NC(=O)NCC(C(C)C)N1CCN(C)CC1)OC(C)C2. The first-order chi connectivity index (χ1) is 13.9. The number of fused-ring (bicyclic) bond motifs is 1. The third kappa shape index (κ3) is 5.54. The molecule has 1 fully saturated rings. The second-order valence-corrected chi connectivity index (χ2v) is 8.51. The summed E-state index contributed by atoms with van der Waals surface area (Å²) in [6, 6.07) is 3.98. The maximum Gasteiger partial charge on any atom is 0.319 e. The molecular formula is C22H36N4O3. The van der Waals surface area contributed by atoms with E-state index >= 15 is 0 Å². The Labute approximate surface area is 174 Å². The van der Waals surface area contributed by atoms with Crippen LogP contribution in [0.4, 0.5) is 10.5 Å². The first-order valence-corrected chi connectivity index (χ1v) is 10.8. The molecule has 2 atom stereocenters. The molecule has 162 valence electrons. The van der Waals surface area contributed by atoms with Gasteiger partial charge < -0.3 is 25.0 Å². The molecule has 1 saturated heterocycles. The van der Waals surface area contributed by atoms with E-state index in [0.29, 0.717) is 36.5 Å². The lowest BCUT2D eigenvalue weighted by molar-refractivity contribution is 0.0890. The molecule has 7 nitrogen and oxygen atoms in total. The summed E-state index contributed by atoms with van der Waals surface area (Å²) >= 11 is 0. The zero-order valence-electron chi connectivity index (χ0n) is 18.5. The van der Waals surface area contributed by atoms with Gasteiger partial charge in [-0.25, -0.2) is 4.79 Å². The second kappa shape index (κ2) is 9.67. The van der Waals surface area contributed by atoms with Crippen LogP contribution in [0.2, 0.25) is 0 Å². The normalized spacial score (nSPS) is 20.8. The first kappa shape index (κ1) is 21.7. The van der Waals surface area contributed by atoms with Crippen LogP contribution >= 0.6 is 0 Å². The number of nitrogens with zero attached hydrogens (tertiary/aromatic N) is 2. The van der Waals surface area contributed by atoms with Crippen LogP contribution in [0.25, 0.3) is 0 Å². The molecule has 0 radical (unpaired) electrons. The van der Waals surface area contributed by atoms with E-state index in [4.69, 9.17) is 9.47 Å². The van der Waals surface area contributed by atoms with Crippen LogP contribution in [-0.4, -0.2) is 74.4 Å². The number of ether oxygens (including phenoxy) is 2. The quantitative estimate of drug-likeness (QED) is 0.732. The average Bonchev–Trinajstić information content (AvgIpc) is 3.02. The Balaban J connectivity index is 1.61. The van der Waals surface area contributed by atoms with Gasteiger partial charge in [-0.15, -0.1) is 0 Å². The van der Waals surface area contributed by atoms with Gasteiger partial charge in [0.2, 0.25) is 0 Å². The highest BCUT2D eigenvalue weighted by molar-refractivity contribution is 5.91. The van der Waals surface area contributed by atoms with Gasteiger partial charge in [-0.1, -0.05) is 13.8 Å². The van der Waals surface area contributed by atoms with Crippen LogP contribution < -0.4 is 20.1 Å².